The van der Waals surface area contributed by atoms with Crippen molar-refractivity contribution < 1.29 is 4.42 Å². The molecule has 0 aliphatic carbocycles. The van der Waals surface area contributed by atoms with Gasteiger partial charge in [-0.3, -0.25) is 4.79 Å². The van der Waals surface area contributed by atoms with Crippen LogP contribution < -0.4 is 5.56 Å². The van der Waals surface area contributed by atoms with E-state index in [1.807, 2.05) is 31.5 Å². The molecule has 0 aromatic carbocycles. The van der Waals surface area contributed by atoms with Gasteiger partial charge in [0.15, 0.2) is 11.0 Å². The van der Waals surface area contributed by atoms with Gasteiger partial charge in [0.25, 0.3) is 5.56 Å². The van der Waals surface area contributed by atoms with Crippen molar-refractivity contribution in [1.29, 1.82) is 0 Å². The predicted molar refractivity (Wildman–Crippen MR) is 87.3 cm³/mol. The molecule has 0 fully saturated rings. The zero-order valence-electron chi connectivity index (χ0n) is 13.3. The number of furan rings is 1. The number of thioether (sulfide) groups is 1. The third-order valence-electron chi connectivity index (χ3n) is 3.49. The van der Waals surface area contributed by atoms with Crippen LogP contribution in [0.2, 0.25) is 0 Å². The highest BCUT2D eigenvalue weighted by Crippen LogP contribution is 2.33. The Bertz CT molecular complexity index is 895. The van der Waals surface area contributed by atoms with Crippen LogP contribution in [0, 0.1) is 13.8 Å². The van der Waals surface area contributed by atoms with Crippen molar-refractivity contribution >= 4 is 11.8 Å². The van der Waals surface area contributed by atoms with Gasteiger partial charge in [-0.1, -0.05) is 11.8 Å². The van der Waals surface area contributed by atoms with Crippen LogP contribution in [0.4, 0.5) is 0 Å². The van der Waals surface area contributed by atoms with Gasteiger partial charge in [-0.2, -0.15) is 0 Å². The van der Waals surface area contributed by atoms with Crippen LogP contribution in [0.15, 0.2) is 32.8 Å². The molecule has 8 heteroatoms. The Hall–Kier alpha value is -2.35. The molecular formula is C15H17N5O2S. The second-order valence-corrected chi connectivity index (χ2v) is 6.60. The van der Waals surface area contributed by atoms with Crippen LogP contribution in [0.1, 0.15) is 29.5 Å². The molecule has 7 nitrogen and oxygen atoms in total. The summed E-state index contributed by atoms with van der Waals surface area (Å²) < 4.78 is 7.23. The number of hydrogen-bond acceptors (Lipinski definition) is 6. The Morgan fingerprint density at radius 3 is 2.78 bits per heavy atom. The maximum absolute atomic E-state index is 11.6. The van der Waals surface area contributed by atoms with Gasteiger partial charge in [-0.25, -0.2) is 4.98 Å². The normalized spacial score (nSPS) is 12.5. The smallest absolute Gasteiger partial charge is 0.251 e. The maximum atomic E-state index is 11.6. The van der Waals surface area contributed by atoms with E-state index in [2.05, 4.69) is 20.2 Å². The monoisotopic (exact) mass is 331 g/mol. The van der Waals surface area contributed by atoms with E-state index in [0.717, 1.165) is 22.3 Å². The van der Waals surface area contributed by atoms with E-state index in [9.17, 15) is 4.79 Å². The van der Waals surface area contributed by atoms with Gasteiger partial charge >= 0.3 is 0 Å². The van der Waals surface area contributed by atoms with Crippen molar-refractivity contribution in [3.8, 4) is 11.4 Å². The Morgan fingerprint density at radius 2 is 2.13 bits per heavy atom. The maximum Gasteiger partial charge on any atom is 0.251 e. The fourth-order valence-electron chi connectivity index (χ4n) is 2.28. The lowest BCUT2D eigenvalue weighted by molar-refractivity contribution is 0.534. The van der Waals surface area contributed by atoms with Gasteiger partial charge in [0.2, 0.25) is 0 Å². The summed E-state index contributed by atoms with van der Waals surface area (Å²) in [6, 6.07) is 3.35. The van der Waals surface area contributed by atoms with Crippen LogP contribution in [-0.4, -0.2) is 24.7 Å². The number of aryl methyl sites for hydroxylation is 2. The second kappa shape index (κ2) is 6.04. The first-order valence-corrected chi connectivity index (χ1v) is 8.02. The largest absolute Gasteiger partial charge is 0.469 e. The van der Waals surface area contributed by atoms with E-state index in [0.29, 0.717) is 11.5 Å². The van der Waals surface area contributed by atoms with Crippen molar-refractivity contribution in [2.75, 3.05) is 0 Å². The summed E-state index contributed by atoms with van der Waals surface area (Å²) in [7, 11) is 1.91. The lowest BCUT2D eigenvalue weighted by atomic mass is 10.2. The average Bonchev–Trinajstić information content (AvgIpc) is 3.05. The topological polar surface area (TPSA) is 89.6 Å². The third kappa shape index (κ3) is 3.07. The minimum absolute atomic E-state index is 0.0520. The van der Waals surface area contributed by atoms with Crippen LogP contribution in [0.5, 0.6) is 0 Å². The van der Waals surface area contributed by atoms with Gasteiger partial charge in [0, 0.05) is 18.8 Å². The molecule has 0 saturated heterocycles. The van der Waals surface area contributed by atoms with Crippen LogP contribution in [0.3, 0.4) is 0 Å². The summed E-state index contributed by atoms with van der Waals surface area (Å²) in [5.41, 5.74) is 1.47. The molecule has 0 unspecified atom stereocenters. The Balaban J connectivity index is 1.87. The van der Waals surface area contributed by atoms with Crippen molar-refractivity contribution in [2.45, 2.75) is 31.2 Å². The molecule has 1 N–H and O–H groups in total. The highest BCUT2D eigenvalue weighted by Gasteiger charge is 2.18. The second-order valence-electron chi connectivity index (χ2n) is 5.29. The van der Waals surface area contributed by atoms with Gasteiger partial charge in [0.1, 0.15) is 11.6 Å². The van der Waals surface area contributed by atoms with E-state index in [1.54, 1.807) is 13.2 Å². The highest BCUT2D eigenvalue weighted by molar-refractivity contribution is 7.99. The first-order valence-electron chi connectivity index (χ1n) is 7.14. The van der Waals surface area contributed by atoms with E-state index < -0.39 is 0 Å². The van der Waals surface area contributed by atoms with E-state index in [-0.39, 0.29) is 10.8 Å². The summed E-state index contributed by atoms with van der Waals surface area (Å²) in [6.07, 6.45) is 1.64. The van der Waals surface area contributed by atoms with E-state index in [1.165, 1.54) is 17.8 Å². The quantitative estimate of drug-likeness (QED) is 0.739. The Morgan fingerprint density at radius 1 is 1.35 bits per heavy atom. The number of rotatable bonds is 4. The van der Waals surface area contributed by atoms with Crippen LogP contribution in [0.25, 0.3) is 11.4 Å². The molecule has 3 aromatic heterocycles. The lowest BCUT2D eigenvalue weighted by Gasteiger charge is -2.10. The SMILES string of the molecule is Cc1cc(=O)[nH]c([C@@H](C)Sc2nnc(-c3ccoc3C)n2C)n1. The average molecular weight is 331 g/mol. The number of H-pyrrole nitrogens is 1. The zero-order chi connectivity index (χ0) is 16.6. The first-order chi connectivity index (χ1) is 11.0. The molecule has 0 spiro atoms. The Kier molecular flexibility index (Phi) is 4.08. The van der Waals surface area contributed by atoms with E-state index >= 15 is 0 Å². The van der Waals surface area contributed by atoms with Crippen LogP contribution >= 0.6 is 11.8 Å². The van der Waals surface area contributed by atoms with Gasteiger partial charge < -0.3 is 14.0 Å². The highest BCUT2D eigenvalue weighted by atomic mass is 32.2. The van der Waals surface area contributed by atoms with Crippen molar-refractivity contribution in [2.24, 2.45) is 7.05 Å². The van der Waals surface area contributed by atoms with Crippen LogP contribution in [-0.2, 0) is 7.05 Å². The van der Waals surface area contributed by atoms with Gasteiger partial charge in [-0.15, -0.1) is 10.2 Å². The minimum atomic E-state index is -0.146. The number of hydrogen-bond donors (Lipinski definition) is 1. The van der Waals surface area contributed by atoms with Crippen molar-refractivity contribution in [1.82, 2.24) is 24.7 Å². The van der Waals surface area contributed by atoms with Gasteiger partial charge in [-0.05, 0) is 26.8 Å². The number of nitrogens with zero attached hydrogens (tertiary/aromatic N) is 4. The minimum Gasteiger partial charge on any atom is -0.469 e. The standard InChI is InChI=1S/C15H17N5O2S/c1-8-7-12(21)17-13(16-8)10(3)23-15-19-18-14(20(15)4)11-5-6-22-9(11)2/h5-7,10H,1-4H3,(H,16,17,21)/t10-/m1/s1. The molecule has 0 bridgehead atoms. The molecule has 0 saturated carbocycles. The predicted octanol–water partition coefficient (Wildman–Crippen LogP) is 2.63. The first kappa shape index (κ1) is 15.5. The van der Waals surface area contributed by atoms with E-state index in [4.69, 9.17) is 4.42 Å². The fourth-order valence-corrected chi connectivity index (χ4v) is 3.15. The number of aromatic nitrogens is 5. The molecule has 0 radical (unpaired) electrons. The zero-order valence-corrected chi connectivity index (χ0v) is 14.1. The molecule has 0 aliphatic rings. The van der Waals surface area contributed by atoms with Gasteiger partial charge in [0.05, 0.1) is 17.1 Å². The Labute approximate surface area is 137 Å². The van der Waals surface area contributed by atoms with Crippen molar-refractivity contribution in [3.05, 3.63) is 46.0 Å². The molecule has 3 rings (SSSR count). The summed E-state index contributed by atoms with van der Waals surface area (Å²) in [5.74, 6) is 2.18. The van der Waals surface area contributed by atoms with Crippen molar-refractivity contribution in [3.63, 3.8) is 0 Å². The summed E-state index contributed by atoms with van der Waals surface area (Å²) in [5, 5.41) is 9.17. The molecular weight excluding hydrogens is 314 g/mol. The molecule has 0 amide bonds. The lowest BCUT2D eigenvalue weighted by Crippen LogP contribution is -2.12. The summed E-state index contributed by atoms with van der Waals surface area (Å²) in [4.78, 5) is 18.7. The molecule has 120 valence electrons. The molecule has 23 heavy (non-hydrogen) atoms. The molecule has 3 heterocycles. The summed E-state index contributed by atoms with van der Waals surface area (Å²) >= 11 is 1.49. The number of nitrogens with one attached hydrogen (secondary N) is 1. The third-order valence-corrected chi connectivity index (χ3v) is 4.63. The molecule has 3 aromatic rings. The number of aromatic amines is 1. The fraction of sp³-hybridized carbons (Fsp3) is 0.333. The molecule has 1 atom stereocenters. The molecule has 0 aliphatic heterocycles. The summed E-state index contributed by atoms with van der Waals surface area (Å²) in [6.45, 7) is 5.67.